The molecule has 0 bridgehead atoms. The Hall–Kier alpha value is -1.72. The number of nitrogens with zero attached hydrogens (tertiary/aromatic N) is 2. The van der Waals surface area contributed by atoms with Gasteiger partial charge in [-0.2, -0.15) is 0 Å². The molecule has 100 valence electrons. The first kappa shape index (κ1) is 13.7. The van der Waals surface area contributed by atoms with E-state index in [1.54, 1.807) is 25.2 Å². The van der Waals surface area contributed by atoms with Gasteiger partial charge in [0.2, 0.25) is 0 Å². The van der Waals surface area contributed by atoms with Crippen LogP contribution in [0.4, 0.5) is 11.5 Å². The van der Waals surface area contributed by atoms with Crippen molar-refractivity contribution < 1.29 is 0 Å². The lowest BCUT2D eigenvalue weighted by Gasteiger charge is -2.12. The normalized spacial score (nSPS) is 10.5. The minimum Gasteiger partial charge on any atom is -0.341 e. The smallest absolute Gasteiger partial charge is 0.332 e. The predicted octanol–water partition coefficient (Wildman–Crippen LogP) is 2.13. The van der Waals surface area contributed by atoms with Crippen LogP contribution in [0.5, 0.6) is 0 Å². The van der Waals surface area contributed by atoms with Crippen LogP contribution in [0.2, 0.25) is 10.0 Å². The van der Waals surface area contributed by atoms with Crippen molar-refractivity contribution in [3.8, 4) is 0 Å². The van der Waals surface area contributed by atoms with Gasteiger partial charge in [0.15, 0.2) is 0 Å². The molecule has 0 fully saturated rings. The Bertz CT molecular complexity index is 750. The first-order chi connectivity index (χ1) is 8.90. The molecule has 1 N–H and O–H groups in total. The Kier molecular flexibility index (Phi) is 3.68. The number of halogens is 2. The molecule has 0 amide bonds. The number of anilines is 2. The van der Waals surface area contributed by atoms with E-state index in [0.717, 1.165) is 4.57 Å². The van der Waals surface area contributed by atoms with Crippen molar-refractivity contribution in [1.29, 1.82) is 0 Å². The summed E-state index contributed by atoms with van der Waals surface area (Å²) < 4.78 is 2.37. The number of aromatic nitrogens is 2. The largest absolute Gasteiger partial charge is 0.341 e. The molecule has 0 saturated heterocycles. The lowest BCUT2D eigenvalue weighted by atomic mass is 10.3. The van der Waals surface area contributed by atoms with Gasteiger partial charge >= 0.3 is 5.69 Å². The van der Waals surface area contributed by atoms with Crippen LogP contribution < -0.4 is 16.6 Å². The van der Waals surface area contributed by atoms with Crippen molar-refractivity contribution in [2.24, 2.45) is 14.1 Å². The number of nitrogens with one attached hydrogen (secondary N) is 1. The zero-order valence-corrected chi connectivity index (χ0v) is 11.8. The van der Waals surface area contributed by atoms with Crippen molar-refractivity contribution >= 4 is 34.7 Å². The lowest BCUT2D eigenvalue weighted by Crippen LogP contribution is -2.37. The summed E-state index contributed by atoms with van der Waals surface area (Å²) in [6.07, 6.45) is 0. The quantitative estimate of drug-likeness (QED) is 0.924. The van der Waals surface area contributed by atoms with Crippen LogP contribution >= 0.6 is 23.2 Å². The van der Waals surface area contributed by atoms with Gasteiger partial charge in [0.25, 0.3) is 5.56 Å². The SMILES string of the molecule is Cn1c(Nc2ccc(Cl)c(Cl)c2)cc(=O)n(C)c1=O. The Labute approximate surface area is 119 Å². The van der Waals surface area contributed by atoms with Gasteiger partial charge in [-0.05, 0) is 18.2 Å². The van der Waals surface area contributed by atoms with E-state index in [9.17, 15) is 9.59 Å². The third-order valence-electron chi connectivity index (χ3n) is 2.72. The highest BCUT2D eigenvalue weighted by Crippen LogP contribution is 2.26. The van der Waals surface area contributed by atoms with Gasteiger partial charge in [-0.1, -0.05) is 23.2 Å². The topological polar surface area (TPSA) is 56.0 Å². The van der Waals surface area contributed by atoms with E-state index < -0.39 is 5.69 Å². The van der Waals surface area contributed by atoms with Crippen molar-refractivity contribution in [3.63, 3.8) is 0 Å². The second kappa shape index (κ2) is 5.11. The number of rotatable bonds is 2. The van der Waals surface area contributed by atoms with Crippen molar-refractivity contribution in [2.75, 3.05) is 5.32 Å². The number of hydrogen-bond donors (Lipinski definition) is 1. The molecule has 0 unspecified atom stereocenters. The molecule has 0 aliphatic carbocycles. The maximum atomic E-state index is 11.8. The van der Waals surface area contributed by atoms with E-state index in [4.69, 9.17) is 23.2 Å². The van der Waals surface area contributed by atoms with Crippen LogP contribution in [-0.2, 0) is 14.1 Å². The predicted molar refractivity (Wildman–Crippen MR) is 76.7 cm³/mol. The summed E-state index contributed by atoms with van der Waals surface area (Å²) in [5.41, 5.74) is -0.154. The van der Waals surface area contributed by atoms with E-state index in [1.807, 2.05) is 0 Å². The van der Waals surface area contributed by atoms with Gasteiger partial charge < -0.3 is 5.32 Å². The molecule has 0 spiro atoms. The fourth-order valence-corrected chi connectivity index (χ4v) is 1.87. The molecular weight excluding hydrogens is 289 g/mol. The molecule has 1 aromatic carbocycles. The third kappa shape index (κ3) is 2.67. The monoisotopic (exact) mass is 299 g/mol. The average Bonchev–Trinajstić information content (AvgIpc) is 2.38. The standard InChI is InChI=1S/C12H11Cl2N3O2/c1-16-10(6-11(18)17(2)12(16)19)15-7-3-4-8(13)9(14)5-7/h3-6,15H,1-2H3. The fraction of sp³-hybridized carbons (Fsp3) is 0.167. The number of benzene rings is 1. The maximum Gasteiger partial charge on any atom is 0.332 e. The molecule has 2 aromatic rings. The molecule has 5 nitrogen and oxygen atoms in total. The molecule has 7 heteroatoms. The molecule has 0 atom stereocenters. The van der Waals surface area contributed by atoms with Crippen LogP contribution in [0, 0.1) is 0 Å². The van der Waals surface area contributed by atoms with Crippen LogP contribution in [0.15, 0.2) is 33.9 Å². The van der Waals surface area contributed by atoms with Gasteiger partial charge in [-0.25, -0.2) is 4.79 Å². The van der Waals surface area contributed by atoms with Crippen LogP contribution in [0.3, 0.4) is 0 Å². The summed E-state index contributed by atoms with van der Waals surface area (Å²) in [7, 11) is 3.00. The van der Waals surface area contributed by atoms with Gasteiger partial charge in [0.1, 0.15) is 5.82 Å². The molecule has 0 saturated carbocycles. The molecule has 0 aliphatic heterocycles. The highest BCUT2D eigenvalue weighted by Gasteiger charge is 2.07. The fourth-order valence-electron chi connectivity index (χ4n) is 1.57. The van der Waals surface area contributed by atoms with E-state index in [-0.39, 0.29) is 5.56 Å². The van der Waals surface area contributed by atoms with Crippen LogP contribution in [-0.4, -0.2) is 9.13 Å². The van der Waals surface area contributed by atoms with E-state index in [0.29, 0.717) is 21.6 Å². The summed E-state index contributed by atoms with van der Waals surface area (Å²) in [6, 6.07) is 6.29. The van der Waals surface area contributed by atoms with E-state index >= 15 is 0 Å². The minimum atomic E-state index is -0.407. The zero-order chi connectivity index (χ0) is 14.2. The first-order valence-electron chi connectivity index (χ1n) is 5.39. The second-order valence-electron chi connectivity index (χ2n) is 4.02. The van der Waals surface area contributed by atoms with Crippen molar-refractivity contribution in [1.82, 2.24) is 9.13 Å². The molecule has 0 aliphatic rings. The highest BCUT2D eigenvalue weighted by atomic mass is 35.5. The Balaban J connectivity index is 2.47. The maximum absolute atomic E-state index is 11.8. The van der Waals surface area contributed by atoms with Crippen LogP contribution in [0.1, 0.15) is 0 Å². The summed E-state index contributed by atoms with van der Waals surface area (Å²) in [5.74, 6) is 0.381. The molecule has 1 heterocycles. The van der Waals surface area contributed by atoms with E-state index in [2.05, 4.69) is 5.32 Å². The summed E-state index contributed by atoms with van der Waals surface area (Å²) >= 11 is 11.7. The molecule has 1 aromatic heterocycles. The highest BCUT2D eigenvalue weighted by molar-refractivity contribution is 6.42. The molecule has 2 rings (SSSR count). The molecule has 19 heavy (non-hydrogen) atoms. The van der Waals surface area contributed by atoms with Gasteiger partial charge in [-0.3, -0.25) is 13.9 Å². The summed E-state index contributed by atoms with van der Waals surface area (Å²) in [5, 5.41) is 3.78. The summed E-state index contributed by atoms with van der Waals surface area (Å²) in [6.45, 7) is 0. The van der Waals surface area contributed by atoms with Crippen molar-refractivity contribution in [3.05, 3.63) is 55.1 Å². The second-order valence-corrected chi connectivity index (χ2v) is 4.84. The summed E-state index contributed by atoms with van der Waals surface area (Å²) in [4.78, 5) is 23.3. The first-order valence-corrected chi connectivity index (χ1v) is 6.15. The van der Waals surface area contributed by atoms with E-state index in [1.165, 1.54) is 17.7 Å². The lowest BCUT2D eigenvalue weighted by molar-refractivity contribution is 0.693. The van der Waals surface area contributed by atoms with Gasteiger partial charge in [-0.15, -0.1) is 0 Å². The van der Waals surface area contributed by atoms with Crippen molar-refractivity contribution in [2.45, 2.75) is 0 Å². The van der Waals surface area contributed by atoms with Crippen LogP contribution in [0.25, 0.3) is 0 Å². The van der Waals surface area contributed by atoms with Gasteiger partial charge in [0.05, 0.1) is 10.0 Å². The minimum absolute atomic E-state index is 0.381. The molecular formula is C12H11Cl2N3O2. The Morgan fingerprint density at radius 3 is 2.32 bits per heavy atom. The third-order valence-corrected chi connectivity index (χ3v) is 3.46. The Morgan fingerprint density at radius 2 is 1.68 bits per heavy atom. The zero-order valence-electron chi connectivity index (χ0n) is 10.3. The number of hydrogen-bond acceptors (Lipinski definition) is 3. The van der Waals surface area contributed by atoms with Gasteiger partial charge in [0, 0.05) is 25.8 Å². The Morgan fingerprint density at radius 1 is 1.00 bits per heavy atom. The average molecular weight is 300 g/mol. The molecule has 0 radical (unpaired) electrons.